The number of carbonyl (C=O) groups excluding carboxylic acids is 1. The summed E-state index contributed by atoms with van der Waals surface area (Å²) < 4.78 is 28.3. The first-order valence-electron chi connectivity index (χ1n) is 14.8. The monoisotopic (exact) mass is 618 g/mol. The number of carbonyl (C=O) groups is 1. The fraction of sp³-hybridized carbons (Fsp3) is 0.600. The number of anilines is 1. The van der Waals surface area contributed by atoms with Crippen molar-refractivity contribution in [2.24, 2.45) is 0 Å². The summed E-state index contributed by atoms with van der Waals surface area (Å²) in [6.45, 7) is 10.4. The standard InChI is InChI=1S/C30H46N6O6S/c1-4-24-20-26(34-30(43)31-2)21-27(32-24)23-36-10-14-41-18-16-39-12-8-35(9-13-40-17-19-42-15-11-36)22-25-6-5-7-28(33-25)29(37)38-3/h5-7,20-21H,4,8-19,22-23H2,1-3H3,(H2,31,32,34,43). The smallest absolute Gasteiger partial charge is 0.356 e. The van der Waals surface area contributed by atoms with E-state index in [1.807, 2.05) is 24.3 Å². The molecule has 0 bridgehead atoms. The van der Waals surface area contributed by atoms with Crippen LogP contribution < -0.4 is 10.6 Å². The van der Waals surface area contributed by atoms with Crippen LogP contribution in [0.5, 0.6) is 0 Å². The van der Waals surface area contributed by atoms with E-state index in [0.29, 0.717) is 89.8 Å². The Morgan fingerprint density at radius 3 is 1.88 bits per heavy atom. The van der Waals surface area contributed by atoms with Gasteiger partial charge < -0.3 is 34.3 Å². The van der Waals surface area contributed by atoms with Crippen LogP contribution in [0.3, 0.4) is 0 Å². The molecule has 0 unspecified atom stereocenters. The number of nitrogens with zero attached hydrogens (tertiary/aromatic N) is 4. The summed E-state index contributed by atoms with van der Waals surface area (Å²) in [6, 6.07) is 9.42. The lowest BCUT2D eigenvalue weighted by Crippen LogP contribution is -2.33. The molecule has 0 atom stereocenters. The quantitative estimate of drug-likeness (QED) is 0.349. The zero-order valence-corrected chi connectivity index (χ0v) is 26.5. The van der Waals surface area contributed by atoms with E-state index in [0.717, 1.165) is 42.3 Å². The van der Waals surface area contributed by atoms with E-state index >= 15 is 0 Å². The summed E-state index contributed by atoms with van der Waals surface area (Å²) in [5.41, 5.74) is 3.97. The molecule has 2 N–H and O–H groups in total. The van der Waals surface area contributed by atoms with Crippen LogP contribution in [-0.2, 0) is 43.2 Å². The molecule has 2 aromatic rings. The maximum atomic E-state index is 11.9. The number of esters is 1. The van der Waals surface area contributed by atoms with Crippen LogP contribution in [0.25, 0.3) is 0 Å². The number of aryl methyl sites for hydroxylation is 1. The van der Waals surface area contributed by atoms with E-state index < -0.39 is 5.97 Å². The Bertz CT molecular complexity index is 1110. The molecule has 0 radical (unpaired) electrons. The van der Waals surface area contributed by atoms with Crippen molar-refractivity contribution in [2.45, 2.75) is 26.4 Å². The minimum Gasteiger partial charge on any atom is -0.464 e. The van der Waals surface area contributed by atoms with E-state index in [2.05, 4.69) is 32.3 Å². The van der Waals surface area contributed by atoms with Crippen LogP contribution in [0, 0.1) is 0 Å². The zero-order valence-electron chi connectivity index (χ0n) is 25.6. The molecule has 0 amide bonds. The van der Waals surface area contributed by atoms with E-state index in [1.165, 1.54) is 7.11 Å². The Balaban J connectivity index is 1.52. The molecule has 2 aromatic heterocycles. The lowest BCUT2D eigenvalue weighted by atomic mass is 10.2. The van der Waals surface area contributed by atoms with Gasteiger partial charge >= 0.3 is 5.97 Å². The first kappa shape index (κ1) is 34.7. The van der Waals surface area contributed by atoms with Gasteiger partial charge in [0.05, 0.1) is 71.4 Å². The van der Waals surface area contributed by atoms with Crippen molar-refractivity contribution in [1.82, 2.24) is 25.1 Å². The summed E-state index contributed by atoms with van der Waals surface area (Å²) in [4.78, 5) is 25.6. The third-order valence-corrected chi connectivity index (χ3v) is 7.01. The average Bonchev–Trinajstić information content (AvgIpc) is 3.02. The van der Waals surface area contributed by atoms with Crippen molar-refractivity contribution in [3.63, 3.8) is 0 Å². The molecule has 1 fully saturated rings. The lowest BCUT2D eigenvalue weighted by molar-refractivity contribution is 0.00598. The fourth-order valence-electron chi connectivity index (χ4n) is 4.38. The Morgan fingerprint density at radius 1 is 0.837 bits per heavy atom. The SMILES string of the molecule is CCc1cc(NC(=S)NC)cc(CN2CCOCCOCCN(Cc3cccc(C(=O)OC)n3)CCOCCOCC2)n1. The molecule has 238 valence electrons. The molecule has 3 rings (SSSR count). The van der Waals surface area contributed by atoms with E-state index in [4.69, 9.17) is 40.9 Å². The first-order chi connectivity index (χ1) is 21.0. The van der Waals surface area contributed by atoms with Crippen LogP contribution >= 0.6 is 12.2 Å². The zero-order chi connectivity index (χ0) is 30.7. The second-order valence-corrected chi connectivity index (χ2v) is 10.3. The number of ether oxygens (including phenoxy) is 5. The van der Waals surface area contributed by atoms with Crippen molar-refractivity contribution in [1.29, 1.82) is 0 Å². The Labute approximate surface area is 260 Å². The lowest BCUT2D eigenvalue weighted by Gasteiger charge is -2.24. The third kappa shape index (κ3) is 13.6. The van der Waals surface area contributed by atoms with Crippen LogP contribution in [-0.4, -0.2) is 124 Å². The van der Waals surface area contributed by atoms with Crippen molar-refractivity contribution in [2.75, 3.05) is 98.5 Å². The minimum atomic E-state index is -0.449. The van der Waals surface area contributed by atoms with Gasteiger partial charge in [0.25, 0.3) is 0 Å². The predicted octanol–water partition coefficient (Wildman–Crippen LogP) is 2.13. The molecule has 1 aliphatic heterocycles. The topological polar surface area (TPSA) is 120 Å². The van der Waals surface area contributed by atoms with Gasteiger partial charge in [-0.05, 0) is 42.9 Å². The number of aromatic nitrogens is 2. The van der Waals surface area contributed by atoms with Crippen LogP contribution in [0.15, 0.2) is 30.3 Å². The number of thiocarbonyl (C=S) groups is 1. The van der Waals surface area contributed by atoms with Crippen molar-refractivity contribution < 1.29 is 28.5 Å². The molecular formula is C30H46N6O6S. The maximum absolute atomic E-state index is 11.9. The molecule has 1 aliphatic rings. The Kier molecular flexibility index (Phi) is 16.3. The summed E-state index contributed by atoms with van der Waals surface area (Å²) in [6.07, 6.45) is 0.832. The third-order valence-electron chi connectivity index (χ3n) is 6.70. The maximum Gasteiger partial charge on any atom is 0.356 e. The van der Waals surface area contributed by atoms with Gasteiger partial charge in [0.1, 0.15) is 5.69 Å². The number of nitrogens with one attached hydrogen (secondary N) is 2. The van der Waals surface area contributed by atoms with Crippen LogP contribution in [0.2, 0.25) is 0 Å². The summed E-state index contributed by atoms with van der Waals surface area (Å²) in [7, 11) is 3.15. The highest BCUT2D eigenvalue weighted by Crippen LogP contribution is 2.14. The molecule has 3 heterocycles. The summed E-state index contributed by atoms with van der Waals surface area (Å²) in [5, 5.41) is 6.74. The number of rotatable bonds is 7. The van der Waals surface area contributed by atoms with Crippen molar-refractivity contribution >= 4 is 29.0 Å². The average molecular weight is 619 g/mol. The highest BCUT2D eigenvalue weighted by atomic mass is 32.1. The predicted molar refractivity (Wildman–Crippen MR) is 168 cm³/mol. The summed E-state index contributed by atoms with van der Waals surface area (Å²) >= 11 is 5.28. The van der Waals surface area contributed by atoms with E-state index in [1.54, 1.807) is 13.1 Å². The first-order valence-corrected chi connectivity index (χ1v) is 15.2. The molecule has 12 nitrogen and oxygen atoms in total. The van der Waals surface area contributed by atoms with Crippen LogP contribution in [0.4, 0.5) is 5.69 Å². The van der Waals surface area contributed by atoms with E-state index in [9.17, 15) is 4.79 Å². The molecule has 0 spiro atoms. The largest absolute Gasteiger partial charge is 0.464 e. The Morgan fingerprint density at radius 2 is 1.37 bits per heavy atom. The highest BCUT2D eigenvalue weighted by molar-refractivity contribution is 7.80. The number of methoxy groups -OCH3 is 1. The fourth-order valence-corrected chi connectivity index (χ4v) is 4.50. The normalized spacial score (nSPS) is 17.4. The second kappa shape index (κ2) is 20.2. The number of pyridine rings is 2. The second-order valence-electron chi connectivity index (χ2n) is 9.90. The van der Waals surface area contributed by atoms with Gasteiger partial charge in [0, 0.05) is 57.7 Å². The van der Waals surface area contributed by atoms with Gasteiger partial charge in [-0.3, -0.25) is 14.8 Å². The number of hydrogen-bond donors (Lipinski definition) is 2. The molecule has 0 aromatic carbocycles. The molecule has 0 aliphatic carbocycles. The molecule has 43 heavy (non-hydrogen) atoms. The Hall–Kier alpha value is -2.78. The minimum absolute atomic E-state index is 0.295. The number of hydrogen-bond acceptors (Lipinski definition) is 11. The molecule has 0 saturated carbocycles. The van der Waals surface area contributed by atoms with Crippen molar-refractivity contribution in [3.8, 4) is 0 Å². The highest BCUT2D eigenvalue weighted by Gasteiger charge is 2.13. The van der Waals surface area contributed by atoms with Gasteiger partial charge in [-0.1, -0.05) is 13.0 Å². The van der Waals surface area contributed by atoms with Gasteiger partial charge in [0.15, 0.2) is 5.11 Å². The molecule has 1 saturated heterocycles. The molecule has 13 heteroatoms. The van der Waals surface area contributed by atoms with Crippen LogP contribution in [0.1, 0.15) is 34.5 Å². The van der Waals surface area contributed by atoms with Gasteiger partial charge in [-0.2, -0.15) is 0 Å². The van der Waals surface area contributed by atoms with Crippen molar-refractivity contribution in [3.05, 3.63) is 53.1 Å². The van der Waals surface area contributed by atoms with Gasteiger partial charge in [-0.15, -0.1) is 0 Å². The van der Waals surface area contributed by atoms with Gasteiger partial charge in [-0.25, -0.2) is 9.78 Å². The van der Waals surface area contributed by atoms with Gasteiger partial charge in [0.2, 0.25) is 0 Å². The summed E-state index contributed by atoms with van der Waals surface area (Å²) in [5.74, 6) is -0.449. The molecular weight excluding hydrogens is 572 g/mol. The van der Waals surface area contributed by atoms with E-state index in [-0.39, 0.29) is 0 Å².